The van der Waals surface area contributed by atoms with E-state index in [1.807, 2.05) is 13.8 Å². The van der Waals surface area contributed by atoms with Crippen molar-refractivity contribution in [1.82, 2.24) is 26.6 Å². The molecule has 1 saturated carbocycles. The first-order valence-electron chi connectivity index (χ1n) is 18.1. The first-order chi connectivity index (χ1) is 24.7. The zero-order valence-corrected chi connectivity index (χ0v) is 30.1. The van der Waals surface area contributed by atoms with Gasteiger partial charge >= 0.3 is 5.97 Å². The minimum absolute atomic E-state index is 0.0377. The van der Waals surface area contributed by atoms with Gasteiger partial charge in [0.25, 0.3) is 5.91 Å². The molecule has 15 nitrogen and oxygen atoms in total. The highest BCUT2D eigenvalue weighted by molar-refractivity contribution is 6.38. The average Bonchev–Trinajstić information content (AvgIpc) is 3.62. The molecule has 4 atom stereocenters. The van der Waals surface area contributed by atoms with Crippen LogP contribution in [0, 0.1) is 11.8 Å². The largest absolute Gasteiger partial charge is 0.478 e. The second kappa shape index (κ2) is 20.1. The van der Waals surface area contributed by atoms with Crippen molar-refractivity contribution in [2.75, 3.05) is 6.54 Å². The lowest BCUT2D eigenvalue weighted by molar-refractivity contribution is -0.141. The summed E-state index contributed by atoms with van der Waals surface area (Å²) in [6.07, 6.45) is 5.78. The Morgan fingerprint density at radius 1 is 0.808 bits per heavy atom. The first kappa shape index (κ1) is 41.3. The highest BCUT2D eigenvalue weighted by Crippen LogP contribution is 2.29. The highest BCUT2D eigenvalue weighted by atomic mass is 16.4. The Morgan fingerprint density at radius 2 is 1.44 bits per heavy atom. The summed E-state index contributed by atoms with van der Waals surface area (Å²) in [5.41, 5.74) is 6.06. The number of hydrogen-bond acceptors (Lipinski definition) is 8. The molecule has 0 aromatic heterocycles. The summed E-state index contributed by atoms with van der Waals surface area (Å²) < 4.78 is 0. The number of carbonyl (C=O) groups excluding carboxylic acids is 7. The number of aliphatic carboxylic acids is 1. The number of nitrogens with two attached hydrogens (primary N) is 1. The van der Waals surface area contributed by atoms with Crippen molar-refractivity contribution < 1.29 is 43.5 Å². The van der Waals surface area contributed by atoms with Crippen LogP contribution in [0.25, 0.3) is 0 Å². The molecule has 1 aromatic rings. The minimum atomic E-state index is -1.27. The minimum Gasteiger partial charge on any atom is -0.478 e. The van der Waals surface area contributed by atoms with Crippen LogP contribution in [0.15, 0.2) is 41.5 Å². The summed E-state index contributed by atoms with van der Waals surface area (Å²) >= 11 is 0. The number of carboxylic acids is 1. The fraction of sp³-hybridized carbons (Fsp3) is 0.568. The van der Waals surface area contributed by atoms with Crippen LogP contribution < -0.4 is 32.3 Å². The van der Waals surface area contributed by atoms with Gasteiger partial charge < -0.3 is 37.4 Å². The standard InChI is InChI=1S/C37H52N6O9/c1-4-12-26(31(45)36(50)39-20-28(44)42-29(32(38)46)22-13-7-5-8-14-22)40-34(48)27(19-21(2)3)41-35(49)30(23-15-9-6-10-16-23)43-33(47)24-17-11-18-25(24)37(51)52/h5,7-8,13-14,21,23,26-27,29-30H,4,6,9-12,15-20H2,1-3H3,(H2,38,46)(H,39,50)(H,40,48)(H,41,49)(H,42,44)(H,43,47)(H,51,52)/t26?,27-,29-,30-/m0/s1. The Kier molecular flexibility index (Phi) is 16.0. The van der Waals surface area contributed by atoms with Gasteiger partial charge in [-0.3, -0.25) is 33.6 Å². The van der Waals surface area contributed by atoms with Crippen LogP contribution in [0.3, 0.4) is 0 Å². The molecular weight excluding hydrogens is 672 g/mol. The third kappa shape index (κ3) is 12.0. The molecule has 6 amide bonds. The number of hydrogen-bond donors (Lipinski definition) is 7. The maximum absolute atomic E-state index is 13.9. The third-order valence-electron chi connectivity index (χ3n) is 9.35. The van der Waals surface area contributed by atoms with E-state index >= 15 is 0 Å². The fourth-order valence-electron chi connectivity index (χ4n) is 6.70. The predicted molar refractivity (Wildman–Crippen MR) is 190 cm³/mol. The average molecular weight is 725 g/mol. The molecule has 0 spiro atoms. The number of carboxylic acid groups (broad SMARTS) is 1. The monoisotopic (exact) mass is 724 g/mol. The molecule has 1 unspecified atom stereocenters. The Labute approximate surface area is 303 Å². The van der Waals surface area contributed by atoms with Crippen molar-refractivity contribution in [3.63, 3.8) is 0 Å². The smallest absolute Gasteiger partial charge is 0.332 e. The second-order valence-corrected chi connectivity index (χ2v) is 13.9. The zero-order chi connectivity index (χ0) is 38.4. The maximum Gasteiger partial charge on any atom is 0.332 e. The molecule has 15 heteroatoms. The molecule has 2 aliphatic rings. The van der Waals surface area contributed by atoms with Gasteiger partial charge in [-0.25, -0.2) is 4.79 Å². The molecular formula is C37H52N6O9. The Bertz CT molecular complexity index is 1520. The van der Waals surface area contributed by atoms with Crippen LogP contribution in [0.4, 0.5) is 0 Å². The van der Waals surface area contributed by atoms with Crippen LogP contribution in [0.5, 0.6) is 0 Å². The molecule has 1 fully saturated rings. The van der Waals surface area contributed by atoms with Crippen LogP contribution in [-0.2, 0) is 38.4 Å². The van der Waals surface area contributed by atoms with Gasteiger partial charge in [-0.05, 0) is 62.3 Å². The lowest BCUT2D eigenvalue weighted by atomic mass is 9.83. The molecule has 0 radical (unpaired) electrons. The quantitative estimate of drug-likeness (QED) is 0.102. The number of primary amides is 1. The number of amides is 6. The van der Waals surface area contributed by atoms with Gasteiger partial charge in [-0.15, -0.1) is 0 Å². The molecule has 1 aromatic carbocycles. The lowest BCUT2D eigenvalue weighted by Gasteiger charge is -2.32. The fourth-order valence-corrected chi connectivity index (χ4v) is 6.70. The van der Waals surface area contributed by atoms with Gasteiger partial charge in [0.1, 0.15) is 18.1 Å². The summed E-state index contributed by atoms with van der Waals surface area (Å²) in [5, 5.41) is 22.4. The van der Waals surface area contributed by atoms with Crippen molar-refractivity contribution in [1.29, 1.82) is 0 Å². The number of Topliss-reactive ketones (excluding diaryl/α,β-unsaturated/α-hetero) is 1. The van der Waals surface area contributed by atoms with Crippen molar-refractivity contribution in [2.45, 2.75) is 116 Å². The summed E-state index contributed by atoms with van der Waals surface area (Å²) in [6, 6.07) is 3.68. The molecule has 52 heavy (non-hydrogen) atoms. The van der Waals surface area contributed by atoms with Gasteiger partial charge in [0.05, 0.1) is 12.6 Å². The summed E-state index contributed by atoms with van der Waals surface area (Å²) in [6.45, 7) is 4.81. The van der Waals surface area contributed by atoms with Crippen LogP contribution in [0.1, 0.15) is 103 Å². The van der Waals surface area contributed by atoms with Crippen molar-refractivity contribution in [2.24, 2.45) is 17.6 Å². The molecule has 0 bridgehead atoms. The van der Waals surface area contributed by atoms with E-state index in [4.69, 9.17) is 5.73 Å². The number of nitrogens with one attached hydrogen (secondary N) is 5. The van der Waals surface area contributed by atoms with E-state index in [9.17, 15) is 43.5 Å². The van der Waals surface area contributed by atoms with Crippen LogP contribution >= 0.6 is 0 Å². The van der Waals surface area contributed by atoms with Gasteiger partial charge in [0, 0.05) is 11.1 Å². The predicted octanol–water partition coefficient (Wildman–Crippen LogP) is 1.46. The summed E-state index contributed by atoms with van der Waals surface area (Å²) in [7, 11) is 0. The lowest BCUT2D eigenvalue weighted by Crippen LogP contribution is -2.58. The number of ketones is 1. The maximum atomic E-state index is 13.9. The van der Waals surface area contributed by atoms with Gasteiger partial charge in [0.2, 0.25) is 35.3 Å². The normalized spacial score (nSPS) is 16.9. The third-order valence-corrected chi connectivity index (χ3v) is 9.35. The zero-order valence-electron chi connectivity index (χ0n) is 30.1. The van der Waals surface area contributed by atoms with E-state index in [-0.39, 0.29) is 48.7 Å². The van der Waals surface area contributed by atoms with Crippen molar-refractivity contribution in [3.05, 3.63) is 47.0 Å². The van der Waals surface area contributed by atoms with Gasteiger partial charge in [-0.1, -0.05) is 76.8 Å². The Hall–Kier alpha value is -5.08. The summed E-state index contributed by atoms with van der Waals surface area (Å²) in [5.74, 6) is -7.09. The van der Waals surface area contributed by atoms with E-state index < -0.39 is 77.9 Å². The Morgan fingerprint density at radius 3 is 2.04 bits per heavy atom. The molecule has 2 aliphatic carbocycles. The van der Waals surface area contributed by atoms with Gasteiger partial charge in [0.15, 0.2) is 0 Å². The summed E-state index contributed by atoms with van der Waals surface area (Å²) in [4.78, 5) is 103. The van der Waals surface area contributed by atoms with Gasteiger partial charge in [-0.2, -0.15) is 0 Å². The SMILES string of the molecule is CCCC(NC(=O)[C@H](CC(C)C)NC(=O)[C@@H](NC(=O)C1=C(C(=O)O)CCC1)C1CCCCC1)C(=O)C(=O)NCC(=O)N[C@H](C(N)=O)c1ccccc1. The van der Waals surface area contributed by atoms with E-state index in [2.05, 4.69) is 26.6 Å². The van der Waals surface area contributed by atoms with E-state index in [0.29, 0.717) is 31.2 Å². The van der Waals surface area contributed by atoms with Crippen LogP contribution in [-0.4, -0.2) is 77.0 Å². The van der Waals surface area contributed by atoms with E-state index in [1.54, 1.807) is 37.3 Å². The highest BCUT2D eigenvalue weighted by Gasteiger charge is 2.37. The van der Waals surface area contributed by atoms with E-state index in [1.165, 1.54) is 0 Å². The topological polar surface area (TPSA) is 243 Å². The number of carbonyl (C=O) groups is 8. The molecule has 0 heterocycles. The first-order valence-corrected chi connectivity index (χ1v) is 18.1. The molecule has 0 saturated heterocycles. The van der Waals surface area contributed by atoms with Crippen LogP contribution in [0.2, 0.25) is 0 Å². The number of rotatable bonds is 19. The molecule has 3 rings (SSSR count). The number of benzene rings is 1. The van der Waals surface area contributed by atoms with Crippen molar-refractivity contribution in [3.8, 4) is 0 Å². The Balaban J connectivity index is 1.70. The molecule has 0 aliphatic heterocycles. The van der Waals surface area contributed by atoms with E-state index in [0.717, 1.165) is 19.3 Å². The van der Waals surface area contributed by atoms with Crippen molar-refractivity contribution >= 4 is 47.2 Å². The second-order valence-electron chi connectivity index (χ2n) is 13.9. The molecule has 284 valence electrons. The molecule has 8 N–H and O–H groups in total.